The number of aliphatic imine (C=N–C) groups is 1. The molecule has 0 bridgehead atoms. The lowest BCUT2D eigenvalue weighted by molar-refractivity contribution is -0.140. The van der Waals surface area contributed by atoms with Gasteiger partial charge in [0.1, 0.15) is 5.01 Å². The first-order valence-electron chi connectivity index (χ1n) is 8.42. The van der Waals surface area contributed by atoms with Crippen molar-refractivity contribution in [3.8, 4) is 11.3 Å². The van der Waals surface area contributed by atoms with Gasteiger partial charge >= 0.3 is 6.18 Å². The van der Waals surface area contributed by atoms with Crippen molar-refractivity contribution in [2.45, 2.75) is 19.3 Å². The molecular weight excluding hydrogens is 387 g/mol. The highest BCUT2D eigenvalue weighted by atomic mass is 32.1. The molecule has 9 heteroatoms. The van der Waals surface area contributed by atoms with Crippen LogP contribution in [0.5, 0.6) is 0 Å². The number of nitrogens with zero attached hydrogens (tertiary/aromatic N) is 3. The molecule has 2 aromatic heterocycles. The molecule has 0 aliphatic heterocycles. The van der Waals surface area contributed by atoms with Crippen LogP contribution in [0.15, 0.2) is 59.0 Å². The highest BCUT2D eigenvalue weighted by molar-refractivity contribution is 7.09. The molecule has 0 amide bonds. The van der Waals surface area contributed by atoms with Gasteiger partial charge in [-0.2, -0.15) is 13.2 Å². The van der Waals surface area contributed by atoms with Crippen LogP contribution in [0.4, 0.5) is 13.2 Å². The molecule has 1 aromatic carbocycles. The number of nitrogens with one attached hydrogen (secondary N) is 2. The number of pyridine rings is 1. The summed E-state index contributed by atoms with van der Waals surface area (Å²) in [6.45, 7) is 0.667. The SMILES string of the molecule is CN=C(NCc1cccc(-c2ccccn2)c1)NCc1nc(C(F)(F)F)cs1. The molecule has 28 heavy (non-hydrogen) atoms. The van der Waals surface area contributed by atoms with Crippen LogP contribution in [0.25, 0.3) is 11.3 Å². The molecule has 0 radical (unpaired) electrons. The molecule has 0 spiro atoms. The highest BCUT2D eigenvalue weighted by Gasteiger charge is 2.33. The van der Waals surface area contributed by atoms with Gasteiger partial charge in [0.05, 0.1) is 12.2 Å². The number of guanidine groups is 1. The first-order chi connectivity index (χ1) is 13.5. The van der Waals surface area contributed by atoms with Gasteiger partial charge in [-0.25, -0.2) is 4.98 Å². The summed E-state index contributed by atoms with van der Waals surface area (Å²) in [5.74, 6) is 0.479. The maximum absolute atomic E-state index is 12.6. The third-order valence-corrected chi connectivity index (χ3v) is 4.67. The zero-order chi connectivity index (χ0) is 20.0. The Morgan fingerprint density at radius 1 is 1.11 bits per heavy atom. The van der Waals surface area contributed by atoms with Crippen molar-refractivity contribution in [3.63, 3.8) is 0 Å². The lowest BCUT2D eigenvalue weighted by Crippen LogP contribution is -2.36. The quantitative estimate of drug-likeness (QED) is 0.496. The number of thiazole rings is 1. The zero-order valence-electron chi connectivity index (χ0n) is 15.0. The van der Waals surface area contributed by atoms with Crippen LogP contribution < -0.4 is 10.6 Å². The number of aromatic nitrogens is 2. The Kier molecular flexibility index (Phi) is 6.25. The van der Waals surface area contributed by atoms with Crippen molar-refractivity contribution >= 4 is 17.3 Å². The van der Waals surface area contributed by atoms with E-state index in [4.69, 9.17) is 0 Å². The maximum atomic E-state index is 12.6. The molecule has 0 fully saturated rings. The molecule has 0 saturated heterocycles. The van der Waals surface area contributed by atoms with Crippen LogP contribution >= 0.6 is 11.3 Å². The molecule has 0 unspecified atom stereocenters. The topological polar surface area (TPSA) is 62.2 Å². The Labute approximate surface area is 164 Å². The number of rotatable bonds is 5. The smallest absolute Gasteiger partial charge is 0.352 e. The van der Waals surface area contributed by atoms with Crippen molar-refractivity contribution < 1.29 is 13.2 Å². The van der Waals surface area contributed by atoms with Gasteiger partial charge in [0, 0.05) is 30.7 Å². The van der Waals surface area contributed by atoms with Crippen LogP contribution in [0.3, 0.4) is 0 Å². The monoisotopic (exact) mass is 405 g/mol. The second-order valence-corrected chi connectivity index (χ2v) is 6.76. The van der Waals surface area contributed by atoms with E-state index in [-0.39, 0.29) is 6.54 Å². The molecule has 5 nitrogen and oxygen atoms in total. The molecular formula is C19H18F3N5S. The van der Waals surface area contributed by atoms with E-state index >= 15 is 0 Å². The van der Waals surface area contributed by atoms with Crippen molar-refractivity contribution in [3.05, 3.63) is 70.3 Å². The largest absolute Gasteiger partial charge is 0.434 e. The number of hydrogen-bond acceptors (Lipinski definition) is 4. The first kappa shape index (κ1) is 19.8. The van der Waals surface area contributed by atoms with Gasteiger partial charge in [0.15, 0.2) is 11.7 Å². The van der Waals surface area contributed by atoms with E-state index in [1.807, 2.05) is 42.5 Å². The fourth-order valence-corrected chi connectivity index (χ4v) is 3.20. The van der Waals surface area contributed by atoms with Crippen molar-refractivity contribution in [2.24, 2.45) is 4.99 Å². The summed E-state index contributed by atoms with van der Waals surface area (Å²) in [5, 5.41) is 7.47. The summed E-state index contributed by atoms with van der Waals surface area (Å²) >= 11 is 0.960. The van der Waals surface area contributed by atoms with Gasteiger partial charge in [0.25, 0.3) is 0 Å². The average molecular weight is 405 g/mol. The summed E-state index contributed by atoms with van der Waals surface area (Å²) in [6, 6.07) is 13.7. The van der Waals surface area contributed by atoms with Crippen molar-refractivity contribution in [2.75, 3.05) is 7.05 Å². The predicted octanol–water partition coefficient (Wildman–Crippen LogP) is 4.09. The first-order valence-corrected chi connectivity index (χ1v) is 9.30. The van der Waals surface area contributed by atoms with Gasteiger partial charge in [-0.3, -0.25) is 9.98 Å². The number of benzene rings is 1. The van der Waals surface area contributed by atoms with Crippen LogP contribution in [0, 0.1) is 0 Å². The Hall–Kier alpha value is -2.94. The molecule has 0 aliphatic rings. The molecule has 2 heterocycles. The predicted molar refractivity (Wildman–Crippen MR) is 104 cm³/mol. The van der Waals surface area contributed by atoms with E-state index in [1.54, 1.807) is 13.2 Å². The van der Waals surface area contributed by atoms with Gasteiger partial charge < -0.3 is 10.6 Å². The van der Waals surface area contributed by atoms with Crippen LogP contribution in [-0.4, -0.2) is 23.0 Å². The van der Waals surface area contributed by atoms with E-state index in [0.717, 1.165) is 33.5 Å². The summed E-state index contributed by atoms with van der Waals surface area (Å²) in [7, 11) is 1.60. The summed E-state index contributed by atoms with van der Waals surface area (Å²) in [4.78, 5) is 12.0. The third kappa shape index (κ3) is 5.29. The van der Waals surface area contributed by atoms with E-state index in [0.29, 0.717) is 17.5 Å². The summed E-state index contributed by atoms with van der Waals surface area (Å²) < 4.78 is 37.8. The van der Waals surface area contributed by atoms with E-state index in [2.05, 4.69) is 25.6 Å². The van der Waals surface area contributed by atoms with E-state index < -0.39 is 11.9 Å². The molecule has 0 saturated carbocycles. The molecule has 0 aliphatic carbocycles. The second kappa shape index (κ2) is 8.83. The third-order valence-electron chi connectivity index (χ3n) is 3.82. The molecule has 0 atom stereocenters. The van der Waals surface area contributed by atoms with Crippen LogP contribution in [0.2, 0.25) is 0 Å². The summed E-state index contributed by atoms with van der Waals surface area (Å²) in [5.41, 5.74) is 2.05. The number of halogens is 3. The Morgan fingerprint density at radius 3 is 2.61 bits per heavy atom. The number of alkyl halides is 3. The van der Waals surface area contributed by atoms with E-state index in [1.165, 1.54) is 0 Å². The number of hydrogen-bond donors (Lipinski definition) is 2. The summed E-state index contributed by atoms with van der Waals surface area (Å²) in [6.07, 6.45) is -2.68. The highest BCUT2D eigenvalue weighted by Crippen LogP contribution is 2.29. The van der Waals surface area contributed by atoms with Crippen LogP contribution in [0.1, 0.15) is 16.3 Å². The molecule has 3 aromatic rings. The Balaban J connectivity index is 1.57. The molecule has 146 valence electrons. The average Bonchev–Trinajstić information content (AvgIpc) is 3.19. The minimum Gasteiger partial charge on any atom is -0.352 e. The fraction of sp³-hybridized carbons (Fsp3) is 0.211. The maximum Gasteiger partial charge on any atom is 0.434 e. The normalized spacial score (nSPS) is 12.1. The lowest BCUT2D eigenvalue weighted by atomic mass is 10.1. The Bertz CT molecular complexity index is 938. The minimum absolute atomic E-state index is 0.161. The van der Waals surface area contributed by atoms with Gasteiger partial charge in [-0.05, 0) is 23.8 Å². The Morgan fingerprint density at radius 2 is 1.93 bits per heavy atom. The van der Waals surface area contributed by atoms with Crippen molar-refractivity contribution in [1.82, 2.24) is 20.6 Å². The van der Waals surface area contributed by atoms with Crippen LogP contribution in [-0.2, 0) is 19.3 Å². The minimum atomic E-state index is -4.42. The lowest BCUT2D eigenvalue weighted by Gasteiger charge is -2.11. The zero-order valence-corrected chi connectivity index (χ0v) is 15.8. The molecule has 2 N–H and O–H groups in total. The fourth-order valence-electron chi connectivity index (χ4n) is 2.46. The van der Waals surface area contributed by atoms with Gasteiger partial charge in [0.2, 0.25) is 0 Å². The van der Waals surface area contributed by atoms with Gasteiger partial charge in [-0.1, -0.05) is 24.3 Å². The molecule has 3 rings (SSSR count). The van der Waals surface area contributed by atoms with Crippen molar-refractivity contribution in [1.29, 1.82) is 0 Å². The standard InChI is InChI=1S/C19H18F3N5S/c1-23-18(26-11-17-27-16(12-28-17)19(20,21)22)25-10-13-5-4-6-14(9-13)15-7-2-3-8-24-15/h2-9,12H,10-11H2,1H3,(H2,23,25,26). The second-order valence-electron chi connectivity index (χ2n) is 5.82. The van der Waals surface area contributed by atoms with E-state index in [9.17, 15) is 13.2 Å². The van der Waals surface area contributed by atoms with Gasteiger partial charge in [-0.15, -0.1) is 11.3 Å².